The molecule has 0 bridgehead atoms. The average molecular weight is 391 g/mol. The minimum absolute atomic E-state index is 0.0463. The van der Waals surface area contributed by atoms with Gasteiger partial charge in [-0.25, -0.2) is 0 Å². The van der Waals surface area contributed by atoms with Gasteiger partial charge in [-0.15, -0.1) is 0 Å². The van der Waals surface area contributed by atoms with Gasteiger partial charge in [0.15, 0.2) is 0 Å². The Bertz CT molecular complexity index is 588. The molecule has 4 aliphatic carbocycles. The van der Waals surface area contributed by atoms with E-state index in [9.17, 15) is 9.90 Å². The second-order valence-corrected chi connectivity index (χ2v) is 11.4. The predicted octanol–water partition coefficient (Wildman–Crippen LogP) is 5.60. The van der Waals surface area contributed by atoms with Crippen LogP contribution in [0.25, 0.3) is 0 Å². The summed E-state index contributed by atoms with van der Waals surface area (Å²) in [5, 5.41) is 10.2. The van der Waals surface area contributed by atoms with E-state index in [-0.39, 0.29) is 12.1 Å². The zero-order valence-corrected chi connectivity index (χ0v) is 18.6. The fourth-order valence-corrected chi connectivity index (χ4v) is 8.86. The topological polar surface area (TPSA) is 46.5 Å². The molecule has 4 fully saturated rings. The van der Waals surface area contributed by atoms with Crippen LogP contribution in [0.2, 0.25) is 0 Å². The molecule has 3 nitrogen and oxygen atoms in total. The molecular weight excluding hydrogens is 348 g/mol. The highest BCUT2D eigenvalue weighted by Gasteiger charge is 2.60. The molecule has 0 amide bonds. The molecule has 28 heavy (non-hydrogen) atoms. The molecule has 4 rings (SSSR count). The lowest BCUT2D eigenvalue weighted by Gasteiger charge is -2.61. The highest BCUT2D eigenvalue weighted by Crippen LogP contribution is 2.68. The van der Waals surface area contributed by atoms with Gasteiger partial charge in [-0.05, 0) is 111 Å². The number of methoxy groups -OCH3 is 1. The number of esters is 1. The number of carbonyl (C=O) groups excluding carboxylic acids is 1. The van der Waals surface area contributed by atoms with Crippen molar-refractivity contribution >= 4 is 5.97 Å². The maximum atomic E-state index is 11.6. The van der Waals surface area contributed by atoms with Crippen LogP contribution in [-0.2, 0) is 9.53 Å². The summed E-state index contributed by atoms with van der Waals surface area (Å²) < 4.78 is 4.88. The lowest BCUT2D eigenvalue weighted by atomic mass is 9.44. The van der Waals surface area contributed by atoms with Crippen molar-refractivity contribution in [3.05, 3.63) is 0 Å². The Labute approximate surface area is 172 Å². The van der Waals surface area contributed by atoms with Crippen molar-refractivity contribution in [2.75, 3.05) is 7.11 Å². The molecule has 0 radical (unpaired) electrons. The Morgan fingerprint density at radius 3 is 2.50 bits per heavy atom. The number of aliphatic hydroxyl groups excluding tert-OH is 1. The van der Waals surface area contributed by atoms with Gasteiger partial charge in [-0.1, -0.05) is 20.8 Å². The fourth-order valence-electron chi connectivity index (χ4n) is 8.86. The number of hydrogen-bond acceptors (Lipinski definition) is 3. The highest BCUT2D eigenvalue weighted by atomic mass is 16.5. The smallest absolute Gasteiger partial charge is 0.305 e. The van der Waals surface area contributed by atoms with Gasteiger partial charge < -0.3 is 9.84 Å². The monoisotopic (exact) mass is 390 g/mol. The first kappa shape index (κ1) is 20.7. The SMILES string of the molecule is COC(=O)CC[C@@H](C)[C@H]1CCC2C3CC[C@H]4CC(O)CC[C@]4(C)C3CC[C@@]21C. The second-order valence-electron chi connectivity index (χ2n) is 11.4. The van der Waals surface area contributed by atoms with Gasteiger partial charge in [0, 0.05) is 6.42 Å². The van der Waals surface area contributed by atoms with E-state index in [4.69, 9.17) is 4.74 Å². The van der Waals surface area contributed by atoms with E-state index in [0.717, 1.165) is 48.9 Å². The van der Waals surface area contributed by atoms with E-state index in [2.05, 4.69) is 20.8 Å². The molecule has 4 saturated carbocycles. The molecule has 3 heteroatoms. The summed E-state index contributed by atoms with van der Waals surface area (Å²) in [4.78, 5) is 11.6. The normalized spacial score (nSPS) is 48.9. The van der Waals surface area contributed by atoms with Gasteiger partial charge in [-0.3, -0.25) is 4.79 Å². The van der Waals surface area contributed by atoms with Crippen molar-refractivity contribution < 1.29 is 14.6 Å². The Hall–Kier alpha value is -0.570. The summed E-state index contributed by atoms with van der Waals surface area (Å²) in [6, 6.07) is 0. The van der Waals surface area contributed by atoms with Crippen LogP contribution in [0.5, 0.6) is 0 Å². The second kappa shape index (κ2) is 7.60. The van der Waals surface area contributed by atoms with Crippen molar-refractivity contribution in [2.24, 2.45) is 46.3 Å². The molecule has 0 aromatic rings. The molecule has 0 spiro atoms. The van der Waals surface area contributed by atoms with E-state index < -0.39 is 0 Å². The van der Waals surface area contributed by atoms with E-state index >= 15 is 0 Å². The minimum atomic E-state index is -0.0546. The summed E-state index contributed by atoms with van der Waals surface area (Å²) >= 11 is 0. The molecule has 1 N–H and O–H groups in total. The van der Waals surface area contributed by atoms with Crippen LogP contribution in [-0.4, -0.2) is 24.3 Å². The highest BCUT2D eigenvalue weighted by molar-refractivity contribution is 5.69. The van der Waals surface area contributed by atoms with Crippen LogP contribution >= 0.6 is 0 Å². The lowest BCUT2D eigenvalue weighted by Crippen LogP contribution is -2.54. The summed E-state index contributed by atoms with van der Waals surface area (Å²) in [7, 11) is 1.50. The summed E-state index contributed by atoms with van der Waals surface area (Å²) in [6.07, 6.45) is 13.1. The van der Waals surface area contributed by atoms with E-state index in [0.29, 0.717) is 23.2 Å². The zero-order valence-electron chi connectivity index (χ0n) is 18.6. The number of fused-ring (bicyclic) bond motifs is 5. The van der Waals surface area contributed by atoms with Gasteiger partial charge in [-0.2, -0.15) is 0 Å². The van der Waals surface area contributed by atoms with Crippen LogP contribution < -0.4 is 0 Å². The molecule has 0 saturated heterocycles. The largest absolute Gasteiger partial charge is 0.469 e. The standard InChI is InChI=1S/C25H42O3/c1-16(5-10-23(27)28-4)20-8-9-21-19-7-6-17-15-18(26)11-13-24(17,2)22(19)12-14-25(20,21)3/h16-22,26H,5-15H2,1-4H3/t16-,17+,18?,19?,20-,21?,22?,24+,25-/m1/s1. The molecule has 0 aliphatic heterocycles. The fraction of sp³-hybridized carbons (Fsp3) is 0.960. The maximum Gasteiger partial charge on any atom is 0.305 e. The van der Waals surface area contributed by atoms with Gasteiger partial charge >= 0.3 is 5.97 Å². The minimum Gasteiger partial charge on any atom is -0.469 e. The molecule has 4 aliphatic rings. The summed E-state index contributed by atoms with van der Waals surface area (Å²) in [5.74, 6) is 4.72. The van der Waals surface area contributed by atoms with Crippen molar-refractivity contribution in [3.63, 3.8) is 0 Å². The molecule has 0 aromatic carbocycles. The lowest BCUT2D eigenvalue weighted by molar-refractivity contribution is -0.141. The van der Waals surface area contributed by atoms with Crippen molar-refractivity contribution in [2.45, 2.75) is 97.5 Å². The maximum absolute atomic E-state index is 11.6. The first-order valence-electron chi connectivity index (χ1n) is 12.0. The molecule has 4 unspecified atom stereocenters. The predicted molar refractivity (Wildman–Crippen MR) is 112 cm³/mol. The summed E-state index contributed by atoms with van der Waals surface area (Å²) in [5.41, 5.74) is 0.937. The number of carbonyl (C=O) groups is 1. The van der Waals surface area contributed by atoms with Gasteiger partial charge in [0.1, 0.15) is 0 Å². The third kappa shape index (κ3) is 3.24. The Balaban J connectivity index is 1.48. The molecule has 0 aromatic heterocycles. The molecule has 0 heterocycles. The quantitative estimate of drug-likeness (QED) is 0.636. The Morgan fingerprint density at radius 1 is 1.04 bits per heavy atom. The summed E-state index contributed by atoms with van der Waals surface area (Å²) in [6.45, 7) is 7.56. The van der Waals surface area contributed by atoms with Crippen LogP contribution in [0.3, 0.4) is 0 Å². The number of hydrogen-bond donors (Lipinski definition) is 1. The van der Waals surface area contributed by atoms with Crippen LogP contribution in [0, 0.1) is 46.3 Å². The van der Waals surface area contributed by atoms with Gasteiger partial charge in [0.2, 0.25) is 0 Å². The third-order valence-electron chi connectivity index (χ3n) is 10.4. The van der Waals surface area contributed by atoms with Crippen LogP contribution in [0.15, 0.2) is 0 Å². The first-order valence-corrected chi connectivity index (χ1v) is 12.0. The Kier molecular flexibility index (Phi) is 5.61. The Morgan fingerprint density at radius 2 is 1.75 bits per heavy atom. The van der Waals surface area contributed by atoms with Crippen LogP contribution in [0.1, 0.15) is 91.4 Å². The third-order valence-corrected chi connectivity index (χ3v) is 10.4. The molecular formula is C25H42O3. The van der Waals surface area contributed by atoms with Gasteiger partial charge in [0.05, 0.1) is 13.2 Å². The molecule has 9 atom stereocenters. The first-order chi connectivity index (χ1) is 13.3. The number of aliphatic hydroxyl groups is 1. The number of ether oxygens (including phenoxy) is 1. The molecule has 160 valence electrons. The zero-order chi connectivity index (χ0) is 20.1. The van der Waals surface area contributed by atoms with E-state index in [1.807, 2.05) is 0 Å². The van der Waals surface area contributed by atoms with Crippen molar-refractivity contribution in [1.29, 1.82) is 0 Å². The number of rotatable bonds is 4. The van der Waals surface area contributed by atoms with Crippen molar-refractivity contribution in [3.8, 4) is 0 Å². The van der Waals surface area contributed by atoms with E-state index in [1.165, 1.54) is 52.1 Å². The van der Waals surface area contributed by atoms with E-state index in [1.54, 1.807) is 0 Å². The average Bonchev–Trinajstić information content (AvgIpc) is 3.03. The van der Waals surface area contributed by atoms with Crippen molar-refractivity contribution in [1.82, 2.24) is 0 Å². The van der Waals surface area contributed by atoms with Crippen LogP contribution in [0.4, 0.5) is 0 Å². The van der Waals surface area contributed by atoms with Gasteiger partial charge in [0.25, 0.3) is 0 Å².